The van der Waals surface area contributed by atoms with Gasteiger partial charge in [-0.2, -0.15) is 0 Å². The van der Waals surface area contributed by atoms with E-state index in [4.69, 9.17) is 9.57 Å². The smallest absolute Gasteiger partial charge is 0.410 e. The normalized spacial score (nSPS) is 28.4. The van der Waals surface area contributed by atoms with E-state index in [1.807, 2.05) is 20.8 Å². The molecule has 2 bridgehead atoms. The van der Waals surface area contributed by atoms with Crippen molar-refractivity contribution in [2.45, 2.75) is 70.2 Å². The van der Waals surface area contributed by atoms with E-state index in [0.29, 0.717) is 26.1 Å². The number of ether oxygens (including phenoxy) is 1. The molecule has 0 aromatic rings. The molecule has 1 N–H and O–H groups in total. The van der Waals surface area contributed by atoms with Crippen LogP contribution in [0, 0.1) is 0 Å². The van der Waals surface area contributed by atoms with Crippen LogP contribution in [-0.4, -0.2) is 83.2 Å². The van der Waals surface area contributed by atoms with Gasteiger partial charge in [0.1, 0.15) is 17.7 Å². The van der Waals surface area contributed by atoms with Crippen LogP contribution in [-0.2, 0) is 14.4 Å². The molecule has 27 heavy (non-hydrogen) atoms. The summed E-state index contributed by atoms with van der Waals surface area (Å²) in [6.07, 6.45) is 2.31. The second-order valence-electron chi connectivity index (χ2n) is 8.57. The predicted molar refractivity (Wildman–Crippen MR) is 96.7 cm³/mol. The van der Waals surface area contributed by atoms with E-state index in [-0.39, 0.29) is 30.2 Å². The summed E-state index contributed by atoms with van der Waals surface area (Å²) >= 11 is 0. The Balaban J connectivity index is 1.49. The lowest BCUT2D eigenvalue weighted by atomic mass is 10.0. The van der Waals surface area contributed by atoms with Gasteiger partial charge in [0.25, 0.3) is 5.91 Å². The monoisotopic (exact) mass is 382 g/mol. The molecule has 9 nitrogen and oxygen atoms in total. The molecular formula is C18H30N4O5. The highest BCUT2D eigenvalue weighted by Gasteiger charge is 2.45. The number of nitrogens with zero attached hydrogens (tertiary/aromatic N) is 3. The highest BCUT2D eigenvalue weighted by atomic mass is 16.7. The van der Waals surface area contributed by atoms with Crippen molar-refractivity contribution in [2.75, 3.05) is 26.7 Å². The Hall–Kier alpha value is -2.03. The summed E-state index contributed by atoms with van der Waals surface area (Å²) in [5, 5.41) is 0. The van der Waals surface area contributed by atoms with Crippen LogP contribution in [0.1, 0.15) is 46.5 Å². The van der Waals surface area contributed by atoms with Gasteiger partial charge in [-0.3, -0.25) is 9.63 Å². The number of amides is 4. The third kappa shape index (κ3) is 4.45. The maximum absolute atomic E-state index is 12.5. The zero-order valence-electron chi connectivity index (χ0n) is 16.6. The van der Waals surface area contributed by atoms with E-state index in [1.165, 1.54) is 0 Å². The van der Waals surface area contributed by atoms with Gasteiger partial charge in [0.2, 0.25) is 0 Å². The number of nitrogens with one attached hydrogen (secondary N) is 1. The molecule has 9 heteroatoms. The van der Waals surface area contributed by atoms with Crippen molar-refractivity contribution in [2.24, 2.45) is 0 Å². The van der Waals surface area contributed by atoms with E-state index in [2.05, 4.69) is 5.48 Å². The standard InChI is InChI=1S/C18H30N4O5/c1-18(2,3)26-17(25)21-9-5-6-13(11-21)27-19-15(23)14-8-7-12-10-22(14)16(24)20(12)4/h12-14H,5-11H2,1-4H3,(H,19,23)/t12-,13+,14+/m1/s1. The lowest BCUT2D eigenvalue weighted by molar-refractivity contribution is -0.146. The largest absolute Gasteiger partial charge is 0.444 e. The van der Waals surface area contributed by atoms with Crippen LogP contribution in [0.2, 0.25) is 0 Å². The highest BCUT2D eigenvalue weighted by molar-refractivity contribution is 5.88. The van der Waals surface area contributed by atoms with Crippen molar-refractivity contribution in [3.05, 3.63) is 0 Å². The van der Waals surface area contributed by atoms with Gasteiger partial charge in [0.15, 0.2) is 0 Å². The number of hydroxylamine groups is 1. The summed E-state index contributed by atoms with van der Waals surface area (Å²) in [6, 6.07) is -0.404. The van der Waals surface area contributed by atoms with E-state index < -0.39 is 11.6 Å². The minimum Gasteiger partial charge on any atom is -0.444 e. The molecular weight excluding hydrogens is 352 g/mol. The zero-order valence-corrected chi connectivity index (χ0v) is 16.6. The van der Waals surface area contributed by atoms with Gasteiger partial charge >= 0.3 is 12.1 Å². The molecule has 0 aromatic heterocycles. The summed E-state index contributed by atoms with van der Waals surface area (Å²) in [6.45, 7) is 7.05. The fourth-order valence-electron chi connectivity index (χ4n) is 3.85. The Labute approximate surface area is 159 Å². The van der Waals surface area contributed by atoms with E-state index in [0.717, 1.165) is 19.3 Å². The number of urea groups is 1. The average Bonchev–Trinajstić information content (AvgIpc) is 2.83. The number of carbonyl (C=O) groups excluding carboxylic acids is 3. The molecule has 3 rings (SSSR count). The molecule has 0 aliphatic carbocycles. The molecule has 0 aromatic carbocycles. The van der Waals surface area contributed by atoms with Gasteiger partial charge in [-0.05, 0) is 46.5 Å². The Morgan fingerprint density at radius 2 is 1.89 bits per heavy atom. The minimum atomic E-state index is -0.548. The van der Waals surface area contributed by atoms with Crippen LogP contribution in [0.3, 0.4) is 0 Å². The first-order chi connectivity index (χ1) is 12.7. The van der Waals surface area contributed by atoms with Crippen LogP contribution in [0.5, 0.6) is 0 Å². The third-order valence-electron chi connectivity index (χ3n) is 5.31. The van der Waals surface area contributed by atoms with E-state index >= 15 is 0 Å². The van der Waals surface area contributed by atoms with Crippen LogP contribution >= 0.6 is 0 Å². The lowest BCUT2D eigenvalue weighted by Gasteiger charge is -2.34. The van der Waals surface area contributed by atoms with Crippen molar-refractivity contribution in [3.63, 3.8) is 0 Å². The molecule has 0 spiro atoms. The van der Waals surface area contributed by atoms with Crippen molar-refractivity contribution < 1.29 is 24.0 Å². The second kappa shape index (κ2) is 7.53. The van der Waals surface area contributed by atoms with Crippen molar-refractivity contribution >= 4 is 18.0 Å². The SMILES string of the molecule is CN1C(=O)N2C[C@H]1CC[C@H]2C(=O)NO[C@H]1CCCN(C(=O)OC(C)(C)C)C1. The lowest BCUT2D eigenvalue weighted by Crippen LogP contribution is -2.52. The topological polar surface area (TPSA) is 91.4 Å². The first kappa shape index (κ1) is 19.7. The number of hydrogen-bond donors (Lipinski definition) is 1. The fourth-order valence-corrected chi connectivity index (χ4v) is 3.85. The molecule has 4 amide bonds. The van der Waals surface area contributed by atoms with Gasteiger partial charge in [-0.25, -0.2) is 15.1 Å². The van der Waals surface area contributed by atoms with E-state index in [1.54, 1.807) is 21.7 Å². The number of likely N-dealkylation sites (N-methyl/N-ethyl adjacent to an activating group) is 1. The Bertz CT molecular complexity index is 605. The number of fused-ring (bicyclic) bond motifs is 2. The Kier molecular flexibility index (Phi) is 5.50. The van der Waals surface area contributed by atoms with Gasteiger partial charge < -0.3 is 19.4 Å². The molecule has 3 fully saturated rings. The number of likely N-dealkylation sites (tertiary alicyclic amines) is 1. The fraction of sp³-hybridized carbons (Fsp3) is 0.833. The summed E-state index contributed by atoms with van der Waals surface area (Å²) in [5.74, 6) is -0.300. The van der Waals surface area contributed by atoms with Gasteiger partial charge in [0, 0.05) is 20.1 Å². The number of hydrogen-bond acceptors (Lipinski definition) is 5. The second-order valence-corrected chi connectivity index (χ2v) is 8.57. The Morgan fingerprint density at radius 1 is 1.15 bits per heavy atom. The zero-order chi connectivity index (χ0) is 19.8. The summed E-state index contributed by atoms with van der Waals surface area (Å²) in [4.78, 5) is 47.5. The summed E-state index contributed by atoms with van der Waals surface area (Å²) in [5.41, 5.74) is 1.97. The van der Waals surface area contributed by atoms with Crippen molar-refractivity contribution in [3.8, 4) is 0 Å². The van der Waals surface area contributed by atoms with Gasteiger partial charge in [-0.1, -0.05) is 0 Å². The molecule has 3 heterocycles. The molecule has 152 valence electrons. The molecule has 0 unspecified atom stereocenters. The third-order valence-corrected chi connectivity index (χ3v) is 5.31. The molecule has 0 saturated carbocycles. The predicted octanol–water partition coefficient (Wildman–Crippen LogP) is 1.33. The molecule has 3 saturated heterocycles. The van der Waals surface area contributed by atoms with Crippen LogP contribution in [0.4, 0.5) is 9.59 Å². The van der Waals surface area contributed by atoms with E-state index in [9.17, 15) is 14.4 Å². The molecule has 3 atom stereocenters. The Morgan fingerprint density at radius 3 is 2.59 bits per heavy atom. The van der Waals surface area contributed by atoms with Crippen molar-refractivity contribution in [1.82, 2.24) is 20.2 Å². The van der Waals surface area contributed by atoms with Crippen molar-refractivity contribution in [1.29, 1.82) is 0 Å². The van der Waals surface area contributed by atoms with Gasteiger partial charge in [0.05, 0.1) is 12.6 Å². The maximum atomic E-state index is 12.5. The van der Waals surface area contributed by atoms with Gasteiger partial charge in [-0.15, -0.1) is 0 Å². The molecule has 0 radical (unpaired) electrons. The minimum absolute atomic E-state index is 0.105. The molecule has 3 aliphatic heterocycles. The summed E-state index contributed by atoms with van der Waals surface area (Å²) < 4.78 is 5.40. The van der Waals surface area contributed by atoms with Crippen LogP contribution in [0.25, 0.3) is 0 Å². The first-order valence-electron chi connectivity index (χ1n) is 9.62. The quantitative estimate of drug-likeness (QED) is 0.744. The highest BCUT2D eigenvalue weighted by Crippen LogP contribution is 2.28. The summed E-state index contributed by atoms with van der Waals surface area (Å²) in [7, 11) is 1.77. The van der Waals surface area contributed by atoms with Crippen LogP contribution in [0.15, 0.2) is 0 Å². The number of rotatable bonds is 3. The molecule has 3 aliphatic rings. The average molecular weight is 382 g/mol. The van der Waals surface area contributed by atoms with Crippen LogP contribution < -0.4 is 5.48 Å². The number of piperidine rings is 2. The number of carbonyl (C=O) groups is 3. The maximum Gasteiger partial charge on any atom is 0.410 e. The first-order valence-corrected chi connectivity index (χ1v) is 9.62.